The van der Waals surface area contributed by atoms with Gasteiger partial charge in [-0.15, -0.1) is 0 Å². The number of hydrogen-bond donors (Lipinski definition) is 1. The maximum atomic E-state index is 13.2. The van der Waals surface area contributed by atoms with Gasteiger partial charge in [0.25, 0.3) is 0 Å². The number of ether oxygens (including phenoxy) is 2. The molecule has 0 saturated carbocycles. The van der Waals surface area contributed by atoms with Gasteiger partial charge in [-0.1, -0.05) is 85.6 Å². The Bertz CT molecular complexity index is 1440. The normalized spacial score (nSPS) is 11.6. The SMILES string of the molecule is CCCCc1cc(=O)oc2cc(OC(=O)C(NC(=O)OCc3ccccc3)c3ccccc3)c(Cl)cc12. The number of fused-ring (bicyclic) bond motifs is 1. The molecule has 0 aliphatic rings. The van der Waals surface area contributed by atoms with E-state index in [0.717, 1.165) is 24.0 Å². The molecule has 1 N–H and O–H groups in total. The van der Waals surface area contributed by atoms with Crippen molar-refractivity contribution in [1.82, 2.24) is 5.32 Å². The molecule has 0 spiro atoms. The highest BCUT2D eigenvalue weighted by molar-refractivity contribution is 6.33. The molecular formula is C29H26ClNO6. The molecule has 0 aliphatic heterocycles. The molecule has 3 aromatic carbocycles. The zero-order valence-corrected chi connectivity index (χ0v) is 21.0. The third-order valence-electron chi connectivity index (χ3n) is 5.74. The number of hydrogen-bond acceptors (Lipinski definition) is 6. The summed E-state index contributed by atoms with van der Waals surface area (Å²) >= 11 is 6.46. The van der Waals surface area contributed by atoms with Crippen LogP contribution < -0.4 is 15.7 Å². The molecular weight excluding hydrogens is 494 g/mol. The zero-order chi connectivity index (χ0) is 26.2. The minimum absolute atomic E-state index is 0.00958. The van der Waals surface area contributed by atoms with Crippen molar-refractivity contribution in [2.45, 2.75) is 38.8 Å². The molecule has 1 unspecified atom stereocenters. The number of alkyl carbamates (subject to hydrolysis) is 1. The highest BCUT2D eigenvalue weighted by Crippen LogP contribution is 2.32. The van der Waals surface area contributed by atoms with Gasteiger partial charge in [0.15, 0.2) is 11.8 Å². The maximum absolute atomic E-state index is 13.2. The maximum Gasteiger partial charge on any atom is 0.408 e. The fourth-order valence-corrected chi connectivity index (χ4v) is 4.06. The second-order valence-electron chi connectivity index (χ2n) is 8.44. The molecule has 0 saturated heterocycles. The predicted octanol–water partition coefficient (Wildman–Crippen LogP) is 6.36. The van der Waals surface area contributed by atoms with Crippen molar-refractivity contribution in [3.63, 3.8) is 0 Å². The van der Waals surface area contributed by atoms with Crippen LogP contribution in [0.25, 0.3) is 11.0 Å². The van der Waals surface area contributed by atoms with Crippen molar-refractivity contribution in [1.29, 1.82) is 0 Å². The van der Waals surface area contributed by atoms with Gasteiger partial charge in [0.1, 0.15) is 12.2 Å². The van der Waals surface area contributed by atoms with E-state index in [0.29, 0.717) is 17.4 Å². The van der Waals surface area contributed by atoms with E-state index in [9.17, 15) is 14.4 Å². The second kappa shape index (κ2) is 12.2. The van der Waals surface area contributed by atoms with Crippen molar-refractivity contribution in [3.8, 4) is 5.75 Å². The standard InChI is InChI=1S/C29H26ClNO6/c1-2-3-12-21-15-26(32)36-24-17-25(23(30)16-22(21)24)37-28(33)27(20-13-8-5-9-14-20)31-29(34)35-18-19-10-6-4-7-11-19/h4-11,13-17,27H,2-3,12,18H2,1H3,(H,31,34). The van der Waals surface area contributed by atoms with Gasteiger partial charge in [-0.2, -0.15) is 0 Å². The number of amides is 1. The van der Waals surface area contributed by atoms with Gasteiger partial charge in [0.05, 0.1) is 5.02 Å². The first-order valence-electron chi connectivity index (χ1n) is 11.9. The van der Waals surface area contributed by atoms with Crippen LogP contribution in [0.4, 0.5) is 4.79 Å². The molecule has 4 rings (SSSR count). The Morgan fingerprint density at radius 3 is 2.41 bits per heavy atom. The van der Waals surface area contributed by atoms with Crippen LogP contribution in [0.15, 0.2) is 88.1 Å². The number of carbonyl (C=O) groups excluding carboxylic acids is 2. The van der Waals surface area contributed by atoms with Crippen molar-refractivity contribution in [2.75, 3.05) is 0 Å². The Labute approximate surface area is 219 Å². The Balaban J connectivity index is 1.56. The van der Waals surface area contributed by atoms with Crippen LogP contribution in [0.1, 0.15) is 42.5 Å². The van der Waals surface area contributed by atoms with Gasteiger partial charge in [-0.3, -0.25) is 0 Å². The number of carbonyl (C=O) groups is 2. The molecule has 0 radical (unpaired) electrons. The summed E-state index contributed by atoms with van der Waals surface area (Å²) in [5.74, 6) is -0.774. The molecule has 8 heteroatoms. The minimum atomic E-state index is -1.17. The van der Waals surface area contributed by atoms with Gasteiger partial charge in [-0.25, -0.2) is 14.4 Å². The zero-order valence-electron chi connectivity index (χ0n) is 20.2. The van der Waals surface area contributed by atoms with Crippen LogP contribution in [0.2, 0.25) is 5.02 Å². The summed E-state index contributed by atoms with van der Waals surface area (Å²) in [6, 6.07) is 21.1. The molecule has 0 fully saturated rings. The fraction of sp³-hybridized carbons (Fsp3) is 0.207. The van der Waals surface area contributed by atoms with E-state index in [1.807, 2.05) is 30.3 Å². The van der Waals surface area contributed by atoms with E-state index >= 15 is 0 Å². The number of halogens is 1. The van der Waals surface area contributed by atoms with E-state index in [-0.39, 0.29) is 23.0 Å². The van der Waals surface area contributed by atoms with Crippen molar-refractivity contribution < 1.29 is 23.5 Å². The number of aryl methyl sites for hydroxylation is 1. The van der Waals surface area contributed by atoms with Gasteiger partial charge in [0, 0.05) is 17.5 Å². The van der Waals surface area contributed by atoms with Crippen molar-refractivity contribution in [2.24, 2.45) is 0 Å². The summed E-state index contributed by atoms with van der Waals surface area (Å²) in [6.45, 7) is 2.10. The monoisotopic (exact) mass is 519 g/mol. The van der Waals surface area contributed by atoms with E-state index in [2.05, 4.69) is 12.2 Å². The Kier molecular flexibility index (Phi) is 8.59. The Morgan fingerprint density at radius 1 is 1.00 bits per heavy atom. The first-order valence-corrected chi connectivity index (χ1v) is 12.3. The third-order valence-corrected chi connectivity index (χ3v) is 6.03. The summed E-state index contributed by atoms with van der Waals surface area (Å²) in [4.78, 5) is 37.9. The van der Waals surface area contributed by atoms with Crippen LogP contribution >= 0.6 is 11.6 Å². The smallest absolute Gasteiger partial charge is 0.408 e. The van der Waals surface area contributed by atoms with Crippen molar-refractivity contribution in [3.05, 3.63) is 111 Å². The number of rotatable bonds is 9. The van der Waals surface area contributed by atoms with Crippen LogP contribution in [0, 0.1) is 0 Å². The minimum Gasteiger partial charge on any atom is -0.445 e. The lowest BCUT2D eigenvalue weighted by molar-refractivity contribution is -0.136. The highest BCUT2D eigenvalue weighted by Gasteiger charge is 2.26. The number of nitrogens with one attached hydrogen (secondary N) is 1. The summed E-state index contributed by atoms with van der Waals surface area (Å²) in [5, 5.41) is 3.42. The topological polar surface area (TPSA) is 94.8 Å². The molecule has 190 valence electrons. The summed E-state index contributed by atoms with van der Waals surface area (Å²) in [5.41, 5.74) is 1.88. The molecule has 1 aromatic heterocycles. The highest BCUT2D eigenvalue weighted by atomic mass is 35.5. The Hall–Kier alpha value is -4.10. The quantitative estimate of drug-likeness (QED) is 0.157. The lowest BCUT2D eigenvalue weighted by Crippen LogP contribution is -2.36. The van der Waals surface area contributed by atoms with Crippen LogP contribution in [0.3, 0.4) is 0 Å². The number of esters is 1. The molecule has 4 aromatic rings. The average molecular weight is 520 g/mol. The second-order valence-corrected chi connectivity index (χ2v) is 8.85. The van der Waals surface area contributed by atoms with Gasteiger partial charge in [-0.05, 0) is 35.6 Å². The lowest BCUT2D eigenvalue weighted by Gasteiger charge is -2.18. The van der Waals surface area contributed by atoms with E-state index in [1.54, 1.807) is 36.4 Å². The number of unbranched alkanes of at least 4 members (excludes halogenated alkanes) is 1. The molecule has 37 heavy (non-hydrogen) atoms. The molecule has 1 amide bonds. The van der Waals surface area contributed by atoms with Crippen LogP contribution in [-0.2, 0) is 22.6 Å². The molecule has 7 nitrogen and oxygen atoms in total. The van der Waals surface area contributed by atoms with Gasteiger partial charge < -0.3 is 19.2 Å². The summed E-state index contributed by atoms with van der Waals surface area (Å²) in [6.07, 6.45) is 1.77. The largest absolute Gasteiger partial charge is 0.445 e. The third kappa shape index (κ3) is 6.77. The lowest BCUT2D eigenvalue weighted by atomic mass is 10.0. The first-order chi connectivity index (χ1) is 17.9. The molecule has 1 heterocycles. The number of benzene rings is 3. The van der Waals surface area contributed by atoms with E-state index in [1.165, 1.54) is 12.1 Å². The van der Waals surface area contributed by atoms with Crippen LogP contribution in [0.5, 0.6) is 5.75 Å². The summed E-state index contributed by atoms with van der Waals surface area (Å²) in [7, 11) is 0. The van der Waals surface area contributed by atoms with Gasteiger partial charge in [0.2, 0.25) is 0 Å². The van der Waals surface area contributed by atoms with E-state index < -0.39 is 23.7 Å². The fourth-order valence-electron chi connectivity index (χ4n) is 3.85. The van der Waals surface area contributed by atoms with Crippen LogP contribution in [-0.4, -0.2) is 12.1 Å². The predicted molar refractivity (Wildman–Crippen MR) is 141 cm³/mol. The molecule has 0 aliphatic carbocycles. The van der Waals surface area contributed by atoms with E-state index in [4.69, 9.17) is 25.5 Å². The van der Waals surface area contributed by atoms with Crippen molar-refractivity contribution >= 4 is 34.6 Å². The van der Waals surface area contributed by atoms with Gasteiger partial charge >= 0.3 is 17.7 Å². The summed E-state index contributed by atoms with van der Waals surface area (Å²) < 4.78 is 16.2. The average Bonchev–Trinajstić information content (AvgIpc) is 2.91. The molecule has 0 bridgehead atoms. The first kappa shape index (κ1) is 26.0. The Morgan fingerprint density at radius 2 is 1.70 bits per heavy atom. The molecule has 1 atom stereocenters.